The molecule has 0 aliphatic heterocycles. The van der Waals surface area contributed by atoms with Gasteiger partial charge in [-0.2, -0.15) is 0 Å². The highest BCUT2D eigenvalue weighted by molar-refractivity contribution is 5.22. The van der Waals surface area contributed by atoms with Gasteiger partial charge in [0, 0.05) is 13.0 Å². The number of allylic oxidation sites excluding steroid dienone is 3. The van der Waals surface area contributed by atoms with Gasteiger partial charge in [-0.1, -0.05) is 18.7 Å². The van der Waals surface area contributed by atoms with E-state index in [4.69, 9.17) is 9.47 Å². The maximum absolute atomic E-state index is 5.62. The zero-order valence-corrected chi connectivity index (χ0v) is 11.0. The maximum Gasteiger partial charge on any atom is 0.188 e. The van der Waals surface area contributed by atoms with Gasteiger partial charge in [0.05, 0.1) is 5.76 Å². The summed E-state index contributed by atoms with van der Waals surface area (Å²) >= 11 is 0. The van der Waals surface area contributed by atoms with E-state index in [0.717, 1.165) is 41.3 Å². The smallest absolute Gasteiger partial charge is 0.188 e. The molecular weight excluding hydrogens is 224 g/mol. The summed E-state index contributed by atoms with van der Waals surface area (Å²) in [5, 5.41) is 0. The van der Waals surface area contributed by atoms with Crippen LogP contribution in [0.3, 0.4) is 0 Å². The van der Waals surface area contributed by atoms with Gasteiger partial charge in [-0.15, -0.1) is 0 Å². The second-order valence-electron chi connectivity index (χ2n) is 6.62. The molecule has 4 rings (SSSR count). The molecule has 0 aromatic heterocycles. The van der Waals surface area contributed by atoms with Crippen LogP contribution in [0, 0.1) is 41.4 Å². The van der Waals surface area contributed by atoms with E-state index < -0.39 is 0 Å². The van der Waals surface area contributed by atoms with Gasteiger partial charge in [0.25, 0.3) is 0 Å². The zero-order chi connectivity index (χ0) is 12.3. The third kappa shape index (κ3) is 1.33. The Bertz CT molecular complexity index is 400. The van der Waals surface area contributed by atoms with E-state index in [1.165, 1.54) is 19.3 Å². The Morgan fingerprint density at radius 1 is 1.17 bits per heavy atom. The van der Waals surface area contributed by atoms with Crippen molar-refractivity contribution in [3.8, 4) is 0 Å². The molecule has 0 saturated heterocycles. The Labute approximate surface area is 109 Å². The topological polar surface area (TPSA) is 18.5 Å². The fraction of sp³-hybridized carbons (Fsp3) is 0.750. The normalized spacial score (nSPS) is 50.8. The Kier molecular flexibility index (Phi) is 2.38. The quantitative estimate of drug-likeness (QED) is 0.328. The molecule has 7 atom stereocenters. The molecule has 0 heterocycles. The molecule has 4 bridgehead atoms. The van der Waals surface area contributed by atoms with E-state index in [2.05, 4.69) is 18.7 Å². The molecule has 0 amide bonds. The average molecular weight is 246 g/mol. The molecule has 3 saturated carbocycles. The van der Waals surface area contributed by atoms with Gasteiger partial charge < -0.3 is 9.47 Å². The summed E-state index contributed by atoms with van der Waals surface area (Å²) < 4.78 is 10.6. The van der Waals surface area contributed by atoms with Crippen LogP contribution < -0.4 is 0 Å². The lowest BCUT2D eigenvalue weighted by atomic mass is 9.69. The van der Waals surface area contributed by atoms with E-state index in [0.29, 0.717) is 12.7 Å². The Morgan fingerprint density at radius 2 is 1.94 bits per heavy atom. The van der Waals surface area contributed by atoms with Crippen molar-refractivity contribution in [3.63, 3.8) is 0 Å². The molecule has 0 spiro atoms. The summed E-state index contributed by atoms with van der Waals surface area (Å²) in [4.78, 5) is 0. The summed E-state index contributed by atoms with van der Waals surface area (Å²) in [7, 11) is 1.67. The van der Waals surface area contributed by atoms with Crippen LogP contribution in [0.5, 0.6) is 0 Å². The molecule has 4 aliphatic rings. The lowest BCUT2D eigenvalue weighted by molar-refractivity contribution is -0.0143. The number of methoxy groups -OCH3 is 1. The third-order valence-electron chi connectivity index (χ3n) is 6.05. The molecule has 0 aromatic rings. The Balaban J connectivity index is 1.52. The van der Waals surface area contributed by atoms with Crippen molar-refractivity contribution in [2.75, 3.05) is 13.9 Å². The lowest BCUT2D eigenvalue weighted by Gasteiger charge is -2.37. The van der Waals surface area contributed by atoms with Crippen LogP contribution in [0.15, 0.2) is 24.5 Å². The molecule has 18 heavy (non-hydrogen) atoms. The van der Waals surface area contributed by atoms with E-state index >= 15 is 0 Å². The molecule has 0 N–H and O–H groups in total. The maximum atomic E-state index is 5.62. The molecule has 7 unspecified atom stereocenters. The number of hydrogen-bond acceptors (Lipinski definition) is 2. The van der Waals surface area contributed by atoms with Crippen molar-refractivity contribution in [2.45, 2.75) is 19.3 Å². The van der Waals surface area contributed by atoms with Gasteiger partial charge in [-0.05, 0) is 54.8 Å². The van der Waals surface area contributed by atoms with Crippen molar-refractivity contribution < 1.29 is 9.47 Å². The first kappa shape index (κ1) is 11.1. The van der Waals surface area contributed by atoms with Crippen LogP contribution in [0.2, 0.25) is 0 Å². The second-order valence-corrected chi connectivity index (χ2v) is 6.62. The largest absolute Gasteiger partial charge is 0.472 e. The van der Waals surface area contributed by atoms with Crippen LogP contribution in [-0.2, 0) is 9.47 Å². The van der Waals surface area contributed by atoms with Gasteiger partial charge in [0.2, 0.25) is 0 Å². The van der Waals surface area contributed by atoms with Crippen LogP contribution >= 0.6 is 0 Å². The number of ether oxygens (including phenoxy) is 2. The second kappa shape index (κ2) is 3.86. The Hall–Kier alpha value is -0.760. The predicted octanol–water partition coefficient (Wildman–Crippen LogP) is 3.21. The first-order valence-corrected chi connectivity index (χ1v) is 7.28. The fourth-order valence-electron chi connectivity index (χ4n) is 5.63. The monoisotopic (exact) mass is 246 g/mol. The Morgan fingerprint density at radius 3 is 2.72 bits per heavy atom. The van der Waals surface area contributed by atoms with E-state index in [1.54, 1.807) is 7.11 Å². The SMILES string of the molecule is C=C(OCOC)C1CC2CC1C1C3C=CC(C3)C21. The highest BCUT2D eigenvalue weighted by atomic mass is 16.7. The average Bonchev–Trinajstić information content (AvgIpc) is 3.10. The van der Waals surface area contributed by atoms with Gasteiger partial charge in [0.15, 0.2) is 6.79 Å². The van der Waals surface area contributed by atoms with Gasteiger partial charge in [0.1, 0.15) is 0 Å². The van der Waals surface area contributed by atoms with Crippen molar-refractivity contribution in [1.82, 2.24) is 0 Å². The fourth-order valence-corrected chi connectivity index (χ4v) is 5.63. The predicted molar refractivity (Wildman–Crippen MR) is 69.5 cm³/mol. The first-order chi connectivity index (χ1) is 8.79. The van der Waals surface area contributed by atoms with Crippen LogP contribution in [0.4, 0.5) is 0 Å². The van der Waals surface area contributed by atoms with Crippen LogP contribution in [0.1, 0.15) is 19.3 Å². The molecule has 2 heteroatoms. The zero-order valence-electron chi connectivity index (χ0n) is 11.0. The first-order valence-electron chi connectivity index (χ1n) is 7.28. The molecule has 3 fully saturated rings. The van der Waals surface area contributed by atoms with Gasteiger partial charge in [-0.25, -0.2) is 0 Å². The van der Waals surface area contributed by atoms with Crippen LogP contribution in [0.25, 0.3) is 0 Å². The van der Waals surface area contributed by atoms with Crippen molar-refractivity contribution >= 4 is 0 Å². The molecule has 98 valence electrons. The summed E-state index contributed by atoms with van der Waals surface area (Å²) in [6.45, 7) is 4.50. The van der Waals surface area contributed by atoms with E-state index in [9.17, 15) is 0 Å². The minimum absolute atomic E-state index is 0.354. The summed E-state index contributed by atoms with van der Waals surface area (Å²) in [6, 6.07) is 0. The third-order valence-corrected chi connectivity index (χ3v) is 6.05. The number of hydrogen-bond donors (Lipinski definition) is 0. The van der Waals surface area contributed by atoms with Crippen molar-refractivity contribution in [2.24, 2.45) is 41.4 Å². The minimum Gasteiger partial charge on any atom is -0.472 e. The van der Waals surface area contributed by atoms with Crippen LogP contribution in [-0.4, -0.2) is 13.9 Å². The van der Waals surface area contributed by atoms with Crippen molar-refractivity contribution in [1.29, 1.82) is 0 Å². The molecule has 0 aromatic carbocycles. The highest BCUT2D eigenvalue weighted by Crippen LogP contribution is 2.67. The summed E-state index contributed by atoms with van der Waals surface area (Å²) in [5.41, 5.74) is 0. The standard InChI is InChI=1S/C16H22O2/c1-9(18-8-17-2)13-6-12-7-14(13)16-11-4-3-10(5-11)15(12)16/h3-4,10-16H,1,5-8H2,2H3. The molecule has 0 radical (unpaired) electrons. The summed E-state index contributed by atoms with van der Waals surface area (Å²) in [6.07, 6.45) is 9.15. The molecule has 4 aliphatic carbocycles. The summed E-state index contributed by atoms with van der Waals surface area (Å²) in [5.74, 6) is 7.06. The number of rotatable bonds is 4. The van der Waals surface area contributed by atoms with Gasteiger partial charge in [-0.3, -0.25) is 0 Å². The van der Waals surface area contributed by atoms with E-state index in [-0.39, 0.29) is 0 Å². The molecular formula is C16H22O2. The van der Waals surface area contributed by atoms with E-state index in [1.807, 2.05) is 0 Å². The van der Waals surface area contributed by atoms with Gasteiger partial charge >= 0.3 is 0 Å². The highest BCUT2D eigenvalue weighted by Gasteiger charge is 2.61. The lowest BCUT2D eigenvalue weighted by Crippen LogP contribution is -2.32. The van der Waals surface area contributed by atoms with Crippen molar-refractivity contribution in [3.05, 3.63) is 24.5 Å². The minimum atomic E-state index is 0.354. The number of fused-ring (bicyclic) bond motifs is 9. The molecule has 2 nitrogen and oxygen atoms in total.